The molecule has 1 aromatic carbocycles. The summed E-state index contributed by atoms with van der Waals surface area (Å²) in [7, 11) is 0. The fourth-order valence-corrected chi connectivity index (χ4v) is 3.73. The van der Waals surface area contributed by atoms with Gasteiger partial charge in [0, 0.05) is 68.5 Å². The summed E-state index contributed by atoms with van der Waals surface area (Å²) in [6.07, 6.45) is 4.51. The van der Waals surface area contributed by atoms with E-state index in [4.69, 9.17) is 11.6 Å². The number of ketones is 1. The molecule has 1 aliphatic rings. The molecule has 3 heterocycles. The second kappa shape index (κ2) is 8.76. The first-order valence-electron chi connectivity index (χ1n) is 9.80. The lowest BCUT2D eigenvalue weighted by atomic mass is 10.1. The summed E-state index contributed by atoms with van der Waals surface area (Å²) in [4.78, 5) is 33.5. The summed E-state index contributed by atoms with van der Waals surface area (Å²) in [5, 5.41) is 0.596. The Morgan fingerprint density at radius 1 is 0.966 bits per heavy atom. The van der Waals surface area contributed by atoms with Crippen LogP contribution in [0.15, 0.2) is 54.9 Å². The summed E-state index contributed by atoms with van der Waals surface area (Å²) in [6, 6.07) is 12.7. The Labute approximate surface area is 174 Å². The highest BCUT2D eigenvalue weighted by Crippen LogP contribution is 2.14. The monoisotopic (exact) mass is 410 g/mol. The van der Waals surface area contributed by atoms with Gasteiger partial charge >= 0.3 is 0 Å². The number of carbonyl (C=O) groups is 2. The Kier molecular flexibility index (Phi) is 5.92. The van der Waals surface area contributed by atoms with Gasteiger partial charge in [-0.3, -0.25) is 14.5 Å². The van der Waals surface area contributed by atoms with E-state index >= 15 is 0 Å². The van der Waals surface area contributed by atoms with Crippen LogP contribution in [0, 0.1) is 0 Å². The SMILES string of the molecule is O=C(CCC(=O)N1CCN(Cc2cn3ccccc3n2)CC1)c1ccc(Cl)cc1. The van der Waals surface area contributed by atoms with Gasteiger partial charge in [-0.25, -0.2) is 4.98 Å². The van der Waals surface area contributed by atoms with Crippen molar-refractivity contribution in [1.29, 1.82) is 0 Å². The van der Waals surface area contributed by atoms with Gasteiger partial charge in [0.15, 0.2) is 5.78 Å². The number of fused-ring (bicyclic) bond motifs is 1. The van der Waals surface area contributed by atoms with Gasteiger partial charge in [0.1, 0.15) is 5.65 Å². The smallest absolute Gasteiger partial charge is 0.223 e. The maximum atomic E-state index is 12.5. The summed E-state index contributed by atoms with van der Waals surface area (Å²) < 4.78 is 2.02. The van der Waals surface area contributed by atoms with Crippen LogP contribution in [0.4, 0.5) is 0 Å². The zero-order chi connectivity index (χ0) is 20.2. The van der Waals surface area contributed by atoms with Gasteiger partial charge in [0.25, 0.3) is 0 Å². The van der Waals surface area contributed by atoms with Crippen LogP contribution in [-0.4, -0.2) is 57.1 Å². The number of pyridine rings is 1. The predicted octanol–water partition coefficient (Wildman–Crippen LogP) is 3.30. The van der Waals surface area contributed by atoms with Crippen molar-refractivity contribution < 1.29 is 9.59 Å². The van der Waals surface area contributed by atoms with Crippen LogP contribution >= 0.6 is 11.6 Å². The minimum atomic E-state index is -0.0273. The van der Waals surface area contributed by atoms with Gasteiger partial charge in [-0.15, -0.1) is 0 Å². The summed E-state index contributed by atoms with van der Waals surface area (Å²) in [5.41, 5.74) is 2.57. The molecule has 0 radical (unpaired) electrons. The highest BCUT2D eigenvalue weighted by Gasteiger charge is 2.22. The first-order chi connectivity index (χ1) is 14.1. The number of benzene rings is 1. The third-order valence-corrected chi connectivity index (χ3v) is 5.51. The van der Waals surface area contributed by atoms with E-state index in [0.717, 1.165) is 31.0 Å². The van der Waals surface area contributed by atoms with Crippen LogP contribution in [0.3, 0.4) is 0 Å². The molecular weight excluding hydrogens is 388 g/mol. The summed E-state index contributed by atoms with van der Waals surface area (Å²) >= 11 is 5.85. The van der Waals surface area contributed by atoms with Crippen molar-refractivity contribution in [3.8, 4) is 0 Å². The Hall–Kier alpha value is -2.70. The van der Waals surface area contributed by atoms with Gasteiger partial charge in [-0.05, 0) is 36.4 Å². The van der Waals surface area contributed by atoms with Crippen LogP contribution in [-0.2, 0) is 11.3 Å². The predicted molar refractivity (Wildman–Crippen MR) is 112 cm³/mol. The first-order valence-corrected chi connectivity index (χ1v) is 10.2. The highest BCUT2D eigenvalue weighted by atomic mass is 35.5. The Morgan fingerprint density at radius 3 is 2.45 bits per heavy atom. The first kappa shape index (κ1) is 19.6. The molecule has 1 saturated heterocycles. The summed E-state index contributed by atoms with van der Waals surface area (Å²) in [6.45, 7) is 3.76. The average molecular weight is 411 g/mol. The van der Waals surface area contributed by atoms with E-state index in [1.807, 2.05) is 33.7 Å². The molecule has 6 nitrogen and oxygen atoms in total. The molecule has 2 aromatic heterocycles. The van der Waals surface area contributed by atoms with Gasteiger partial charge in [0.05, 0.1) is 5.69 Å². The number of imidazole rings is 1. The van der Waals surface area contributed by atoms with Crippen molar-refractivity contribution in [3.63, 3.8) is 0 Å². The molecule has 1 aliphatic heterocycles. The number of piperazine rings is 1. The van der Waals surface area contributed by atoms with Crippen molar-refractivity contribution in [2.24, 2.45) is 0 Å². The van der Waals surface area contributed by atoms with Crippen molar-refractivity contribution in [1.82, 2.24) is 19.2 Å². The molecule has 0 N–H and O–H groups in total. The molecule has 0 spiro atoms. The Balaban J connectivity index is 1.24. The number of amides is 1. The maximum Gasteiger partial charge on any atom is 0.223 e. The standard InChI is InChI=1S/C22H23ClN4O2/c23-18-6-4-17(5-7-18)20(28)8-9-22(29)26-13-11-25(12-14-26)15-19-16-27-10-2-1-3-21(27)24-19/h1-7,10,16H,8-9,11-15H2. The molecular formula is C22H23ClN4O2. The normalized spacial score (nSPS) is 15.0. The van der Waals surface area contributed by atoms with Crippen molar-refractivity contribution in [2.45, 2.75) is 19.4 Å². The number of carbonyl (C=O) groups excluding carboxylic acids is 2. The molecule has 1 amide bonds. The van der Waals surface area contributed by atoms with Crippen LogP contribution in [0.2, 0.25) is 5.02 Å². The average Bonchev–Trinajstić information content (AvgIpc) is 3.15. The van der Waals surface area contributed by atoms with Crippen LogP contribution in [0.25, 0.3) is 5.65 Å². The van der Waals surface area contributed by atoms with E-state index in [-0.39, 0.29) is 24.5 Å². The van der Waals surface area contributed by atoms with E-state index in [2.05, 4.69) is 16.1 Å². The number of hydrogen-bond acceptors (Lipinski definition) is 4. The number of rotatable bonds is 6. The molecule has 7 heteroatoms. The Bertz CT molecular complexity index is 974. The minimum absolute atomic E-state index is 0.0273. The van der Waals surface area contributed by atoms with E-state index in [9.17, 15) is 9.59 Å². The van der Waals surface area contributed by atoms with Gasteiger partial charge in [0.2, 0.25) is 5.91 Å². The third kappa shape index (κ3) is 4.83. The van der Waals surface area contributed by atoms with Crippen molar-refractivity contribution in [2.75, 3.05) is 26.2 Å². The number of Topliss-reactive ketones (excluding diaryl/α,β-unsaturated/α-hetero) is 1. The van der Waals surface area contributed by atoms with Gasteiger partial charge in [-0.2, -0.15) is 0 Å². The fourth-order valence-electron chi connectivity index (χ4n) is 3.61. The second-order valence-corrected chi connectivity index (χ2v) is 7.72. The lowest BCUT2D eigenvalue weighted by molar-refractivity contribution is -0.133. The second-order valence-electron chi connectivity index (χ2n) is 7.29. The minimum Gasteiger partial charge on any atom is -0.340 e. The van der Waals surface area contributed by atoms with Crippen LogP contribution in [0.5, 0.6) is 0 Å². The van der Waals surface area contributed by atoms with Gasteiger partial charge in [-0.1, -0.05) is 17.7 Å². The number of hydrogen-bond donors (Lipinski definition) is 0. The van der Waals surface area contributed by atoms with Crippen LogP contribution < -0.4 is 0 Å². The van der Waals surface area contributed by atoms with E-state index in [0.29, 0.717) is 23.7 Å². The molecule has 3 aromatic rings. The van der Waals surface area contributed by atoms with E-state index < -0.39 is 0 Å². The maximum absolute atomic E-state index is 12.5. The molecule has 4 rings (SSSR count). The molecule has 0 aliphatic carbocycles. The third-order valence-electron chi connectivity index (χ3n) is 5.26. The molecule has 150 valence electrons. The lowest BCUT2D eigenvalue weighted by Crippen LogP contribution is -2.48. The fraction of sp³-hybridized carbons (Fsp3) is 0.318. The van der Waals surface area contributed by atoms with Crippen molar-refractivity contribution >= 4 is 28.9 Å². The quantitative estimate of drug-likeness (QED) is 0.585. The van der Waals surface area contributed by atoms with E-state index in [1.165, 1.54) is 0 Å². The number of aromatic nitrogens is 2. The molecule has 29 heavy (non-hydrogen) atoms. The molecule has 0 saturated carbocycles. The number of nitrogens with zero attached hydrogens (tertiary/aromatic N) is 4. The van der Waals surface area contributed by atoms with E-state index in [1.54, 1.807) is 24.3 Å². The molecule has 0 bridgehead atoms. The molecule has 1 fully saturated rings. The summed E-state index contributed by atoms with van der Waals surface area (Å²) in [5.74, 6) is 0.0141. The van der Waals surface area contributed by atoms with Gasteiger partial charge < -0.3 is 9.30 Å². The van der Waals surface area contributed by atoms with Crippen LogP contribution in [0.1, 0.15) is 28.9 Å². The largest absolute Gasteiger partial charge is 0.340 e. The molecule has 0 atom stereocenters. The highest BCUT2D eigenvalue weighted by molar-refractivity contribution is 6.30. The Morgan fingerprint density at radius 2 is 1.72 bits per heavy atom. The zero-order valence-electron chi connectivity index (χ0n) is 16.1. The lowest BCUT2D eigenvalue weighted by Gasteiger charge is -2.34. The van der Waals surface area contributed by atoms with Crippen molar-refractivity contribution in [3.05, 3.63) is 71.1 Å². The molecule has 0 unspecified atom stereocenters. The zero-order valence-corrected chi connectivity index (χ0v) is 16.9. The topological polar surface area (TPSA) is 57.9 Å². The number of halogens is 1.